The molecule has 0 atom stereocenters. The molecule has 0 amide bonds. The molecule has 0 saturated carbocycles. The fourth-order valence-electron chi connectivity index (χ4n) is 1.64. The summed E-state index contributed by atoms with van der Waals surface area (Å²) in [5.41, 5.74) is 0.129. The lowest BCUT2D eigenvalue weighted by Crippen LogP contribution is -2.35. The Morgan fingerprint density at radius 1 is 1.19 bits per heavy atom. The highest BCUT2D eigenvalue weighted by Gasteiger charge is 2.30. The SMILES string of the molecule is CSCCC(CO)(CO)c1ccc(F)cc1. The van der Waals surface area contributed by atoms with Crippen molar-refractivity contribution in [3.05, 3.63) is 35.6 Å². The van der Waals surface area contributed by atoms with E-state index < -0.39 is 5.41 Å². The molecule has 0 spiro atoms. The molecule has 0 aliphatic rings. The number of benzene rings is 1. The lowest BCUT2D eigenvalue weighted by atomic mass is 9.79. The molecule has 0 radical (unpaired) electrons. The zero-order valence-corrected chi connectivity index (χ0v) is 10.1. The van der Waals surface area contributed by atoms with Crippen molar-refractivity contribution in [1.82, 2.24) is 0 Å². The molecule has 0 saturated heterocycles. The van der Waals surface area contributed by atoms with E-state index in [2.05, 4.69) is 0 Å². The van der Waals surface area contributed by atoms with Gasteiger partial charge in [0.25, 0.3) is 0 Å². The van der Waals surface area contributed by atoms with Crippen molar-refractivity contribution in [3.8, 4) is 0 Å². The van der Waals surface area contributed by atoms with Gasteiger partial charge in [-0.05, 0) is 36.1 Å². The van der Waals surface area contributed by atoms with E-state index in [1.54, 1.807) is 23.9 Å². The van der Waals surface area contributed by atoms with Crippen LogP contribution in [-0.2, 0) is 5.41 Å². The molecule has 16 heavy (non-hydrogen) atoms. The average Bonchev–Trinajstić information content (AvgIpc) is 2.33. The smallest absolute Gasteiger partial charge is 0.123 e. The van der Waals surface area contributed by atoms with Crippen LogP contribution in [0.15, 0.2) is 24.3 Å². The van der Waals surface area contributed by atoms with Gasteiger partial charge < -0.3 is 10.2 Å². The van der Waals surface area contributed by atoms with Crippen molar-refractivity contribution in [2.45, 2.75) is 11.8 Å². The second-order valence-electron chi connectivity index (χ2n) is 3.85. The Kier molecular flexibility index (Phi) is 5.25. The summed E-state index contributed by atoms with van der Waals surface area (Å²) in [6, 6.07) is 5.97. The highest BCUT2D eigenvalue weighted by Crippen LogP contribution is 2.28. The van der Waals surface area contributed by atoms with Gasteiger partial charge >= 0.3 is 0 Å². The summed E-state index contributed by atoms with van der Waals surface area (Å²) >= 11 is 1.66. The number of aliphatic hydroxyl groups is 2. The first-order chi connectivity index (χ1) is 7.68. The zero-order valence-electron chi connectivity index (χ0n) is 9.32. The number of rotatable bonds is 6. The van der Waals surface area contributed by atoms with E-state index in [0.717, 1.165) is 11.3 Å². The summed E-state index contributed by atoms with van der Waals surface area (Å²) in [6.07, 6.45) is 2.65. The predicted octanol–water partition coefficient (Wildman–Crippen LogP) is 1.80. The second kappa shape index (κ2) is 6.23. The van der Waals surface area contributed by atoms with Crippen LogP contribution in [0.3, 0.4) is 0 Å². The first-order valence-corrected chi connectivity index (χ1v) is 6.54. The van der Waals surface area contributed by atoms with Gasteiger partial charge in [-0.15, -0.1) is 0 Å². The molecule has 0 unspecified atom stereocenters. The third kappa shape index (κ3) is 2.97. The maximum absolute atomic E-state index is 12.8. The minimum Gasteiger partial charge on any atom is -0.395 e. The molecule has 2 N–H and O–H groups in total. The van der Waals surface area contributed by atoms with E-state index in [4.69, 9.17) is 0 Å². The van der Waals surface area contributed by atoms with Crippen LogP contribution < -0.4 is 0 Å². The quantitative estimate of drug-likeness (QED) is 0.801. The Labute approximate surface area is 99.5 Å². The molecule has 2 nitrogen and oxygen atoms in total. The van der Waals surface area contributed by atoms with Crippen molar-refractivity contribution in [3.63, 3.8) is 0 Å². The summed E-state index contributed by atoms with van der Waals surface area (Å²) in [5.74, 6) is 0.539. The van der Waals surface area contributed by atoms with Gasteiger partial charge in [0.15, 0.2) is 0 Å². The molecule has 1 aromatic carbocycles. The molecule has 0 heterocycles. The third-order valence-corrected chi connectivity index (χ3v) is 3.46. The van der Waals surface area contributed by atoms with Gasteiger partial charge in [-0.2, -0.15) is 11.8 Å². The number of halogens is 1. The van der Waals surface area contributed by atoms with E-state index in [0.29, 0.717) is 6.42 Å². The van der Waals surface area contributed by atoms with E-state index in [1.165, 1.54) is 12.1 Å². The number of hydrogen-bond acceptors (Lipinski definition) is 3. The van der Waals surface area contributed by atoms with E-state index in [1.807, 2.05) is 6.26 Å². The van der Waals surface area contributed by atoms with Crippen LogP contribution in [0.4, 0.5) is 4.39 Å². The van der Waals surface area contributed by atoms with Crippen molar-refractivity contribution in [2.24, 2.45) is 0 Å². The lowest BCUT2D eigenvalue weighted by Gasteiger charge is -2.30. The molecule has 90 valence electrons. The van der Waals surface area contributed by atoms with Gasteiger partial charge in [-0.1, -0.05) is 12.1 Å². The third-order valence-electron chi connectivity index (χ3n) is 2.85. The van der Waals surface area contributed by atoms with Gasteiger partial charge in [-0.25, -0.2) is 4.39 Å². The van der Waals surface area contributed by atoms with Crippen LogP contribution in [0.2, 0.25) is 0 Å². The Balaban J connectivity index is 2.95. The molecule has 0 aromatic heterocycles. The molecule has 0 bridgehead atoms. The Morgan fingerprint density at radius 3 is 2.19 bits per heavy atom. The fourth-order valence-corrected chi connectivity index (χ4v) is 2.23. The molecule has 4 heteroatoms. The summed E-state index contributed by atoms with van der Waals surface area (Å²) in [4.78, 5) is 0. The van der Waals surface area contributed by atoms with Crippen LogP contribution in [0.1, 0.15) is 12.0 Å². The van der Waals surface area contributed by atoms with Crippen molar-refractivity contribution in [2.75, 3.05) is 25.2 Å². The molecule has 0 aliphatic carbocycles. The van der Waals surface area contributed by atoms with E-state index in [-0.39, 0.29) is 19.0 Å². The minimum atomic E-state index is -0.656. The summed E-state index contributed by atoms with van der Waals surface area (Å²) in [7, 11) is 0. The standard InChI is InChI=1S/C12H17FO2S/c1-16-7-6-12(8-14,9-15)10-2-4-11(13)5-3-10/h2-5,14-15H,6-9H2,1H3. The lowest BCUT2D eigenvalue weighted by molar-refractivity contribution is 0.114. The monoisotopic (exact) mass is 244 g/mol. The first kappa shape index (κ1) is 13.5. The van der Waals surface area contributed by atoms with Crippen molar-refractivity contribution >= 4 is 11.8 Å². The Hall–Kier alpha value is -0.580. The van der Waals surface area contributed by atoms with Crippen LogP contribution in [0, 0.1) is 5.82 Å². The van der Waals surface area contributed by atoms with E-state index in [9.17, 15) is 14.6 Å². The topological polar surface area (TPSA) is 40.5 Å². The zero-order chi connectivity index (χ0) is 12.0. The van der Waals surface area contributed by atoms with Gasteiger partial charge in [0, 0.05) is 5.41 Å². The molecule has 1 aromatic rings. The van der Waals surface area contributed by atoms with E-state index >= 15 is 0 Å². The highest BCUT2D eigenvalue weighted by molar-refractivity contribution is 7.98. The second-order valence-corrected chi connectivity index (χ2v) is 4.83. The van der Waals surface area contributed by atoms with Crippen LogP contribution in [0.5, 0.6) is 0 Å². The fraction of sp³-hybridized carbons (Fsp3) is 0.500. The molecule has 0 fully saturated rings. The largest absolute Gasteiger partial charge is 0.395 e. The summed E-state index contributed by atoms with van der Waals surface area (Å²) in [6.45, 7) is -0.259. The normalized spacial score (nSPS) is 11.8. The van der Waals surface area contributed by atoms with Crippen LogP contribution in [-0.4, -0.2) is 35.4 Å². The number of thioether (sulfide) groups is 1. The maximum atomic E-state index is 12.8. The van der Waals surface area contributed by atoms with Gasteiger partial charge in [0.05, 0.1) is 13.2 Å². The minimum absolute atomic E-state index is 0.129. The molecule has 1 rings (SSSR count). The van der Waals surface area contributed by atoms with Gasteiger partial charge in [-0.3, -0.25) is 0 Å². The van der Waals surface area contributed by atoms with Gasteiger partial charge in [0.1, 0.15) is 5.82 Å². The highest BCUT2D eigenvalue weighted by atomic mass is 32.2. The van der Waals surface area contributed by atoms with Crippen LogP contribution in [0.25, 0.3) is 0 Å². The van der Waals surface area contributed by atoms with Crippen LogP contribution >= 0.6 is 11.8 Å². The first-order valence-electron chi connectivity index (χ1n) is 5.15. The molecule has 0 aliphatic heterocycles. The Bertz CT molecular complexity index is 309. The molecular weight excluding hydrogens is 227 g/mol. The molecular formula is C12H17FO2S. The summed E-state index contributed by atoms with van der Waals surface area (Å²) in [5, 5.41) is 18.9. The van der Waals surface area contributed by atoms with Gasteiger partial charge in [0.2, 0.25) is 0 Å². The number of hydrogen-bond donors (Lipinski definition) is 2. The Morgan fingerprint density at radius 2 is 1.75 bits per heavy atom. The average molecular weight is 244 g/mol. The van der Waals surface area contributed by atoms with Crippen molar-refractivity contribution < 1.29 is 14.6 Å². The number of aliphatic hydroxyl groups excluding tert-OH is 2. The van der Waals surface area contributed by atoms with Crippen molar-refractivity contribution in [1.29, 1.82) is 0 Å². The summed E-state index contributed by atoms with van der Waals surface area (Å²) < 4.78 is 12.8. The maximum Gasteiger partial charge on any atom is 0.123 e. The predicted molar refractivity (Wildman–Crippen MR) is 65.2 cm³/mol.